The Kier molecular flexibility index (Phi) is 6.93. The van der Waals surface area contributed by atoms with Gasteiger partial charge in [0.1, 0.15) is 0 Å². The van der Waals surface area contributed by atoms with Crippen molar-refractivity contribution in [3.05, 3.63) is 18.2 Å². The number of aromatic amines is 1. The zero-order chi connectivity index (χ0) is 15.7. The summed E-state index contributed by atoms with van der Waals surface area (Å²) in [6.45, 7) is 0.247. The fourth-order valence-corrected chi connectivity index (χ4v) is 1.85. The second-order valence-electron chi connectivity index (χ2n) is 4.70. The minimum atomic E-state index is -0.937. The fraction of sp³-hybridized carbons (Fsp3) is 0.538. The molecule has 1 heterocycles. The lowest BCUT2D eigenvalue weighted by Gasteiger charge is -2.11. The molecule has 0 saturated carbocycles. The standard InChI is InChI=1S/C13H19N3O5/c17-11(2-1-3-12(18)19)15-5-4-9(13(20)21)6-10-7-14-8-16-10/h7-9H,1-6H2,(H,14,16)(H,15,17)(H,18,19)(H,20,21). The van der Waals surface area contributed by atoms with Crippen LogP contribution in [0, 0.1) is 5.92 Å². The third-order valence-corrected chi connectivity index (χ3v) is 2.98. The molecule has 0 saturated heterocycles. The van der Waals surface area contributed by atoms with Crippen LogP contribution in [0.3, 0.4) is 0 Å². The van der Waals surface area contributed by atoms with Crippen molar-refractivity contribution in [1.82, 2.24) is 15.3 Å². The number of aliphatic carboxylic acids is 2. The van der Waals surface area contributed by atoms with Crippen molar-refractivity contribution in [3.63, 3.8) is 0 Å². The summed E-state index contributed by atoms with van der Waals surface area (Å²) >= 11 is 0. The molecule has 1 aromatic rings. The summed E-state index contributed by atoms with van der Waals surface area (Å²) in [4.78, 5) is 39.5. The maximum absolute atomic E-state index is 11.4. The van der Waals surface area contributed by atoms with E-state index in [-0.39, 0.29) is 31.7 Å². The largest absolute Gasteiger partial charge is 0.481 e. The van der Waals surface area contributed by atoms with E-state index in [1.54, 1.807) is 6.20 Å². The van der Waals surface area contributed by atoms with Crippen molar-refractivity contribution in [2.24, 2.45) is 5.92 Å². The predicted molar refractivity (Wildman–Crippen MR) is 72.5 cm³/mol. The number of imidazole rings is 1. The Hall–Kier alpha value is -2.38. The highest BCUT2D eigenvalue weighted by Crippen LogP contribution is 2.10. The maximum Gasteiger partial charge on any atom is 0.306 e. The van der Waals surface area contributed by atoms with E-state index in [0.717, 1.165) is 5.69 Å². The van der Waals surface area contributed by atoms with Gasteiger partial charge in [0.2, 0.25) is 5.91 Å². The molecule has 1 amide bonds. The minimum Gasteiger partial charge on any atom is -0.481 e. The van der Waals surface area contributed by atoms with Crippen LogP contribution >= 0.6 is 0 Å². The average molecular weight is 297 g/mol. The van der Waals surface area contributed by atoms with Gasteiger partial charge in [-0.05, 0) is 12.8 Å². The molecule has 1 rings (SSSR count). The molecule has 8 nitrogen and oxygen atoms in total. The van der Waals surface area contributed by atoms with Crippen molar-refractivity contribution >= 4 is 17.8 Å². The highest BCUT2D eigenvalue weighted by Gasteiger charge is 2.18. The molecule has 8 heteroatoms. The van der Waals surface area contributed by atoms with Crippen LogP contribution in [0.4, 0.5) is 0 Å². The van der Waals surface area contributed by atoms with E-state index >= 15 is 0 Å². The van der Waals surface area contributed by atoms with Gasteiger partial charge in [0.05, 0.1) is 12.2 Å². The van der Waals surface area contributed by atoms with Crippen molar-refractivity contribution in [3.8, 4) is 0 Å². The number of aromatic nitrogens is 2. The van der Waals surface area contributed by atoms with Gasteiger partial charge in [-0.3, -0.25) is 14.4 Å². The first-order valence-corrected chi connectivity index (χ1v) is 6.67. The van der Waals surface area contributed by atoms with Gasteiger partial charge in [0, 0.05) is 37.7 Å². The van der Waals surface area contributed by atoms with E-state index in [1.165, 1.54) is 6.33 Å². The zero-order valence-corrected chi connectivity index (χ0v) is 11.5. The topological polar surface area (TPSA) is 132 Å². The van der Waals surface area contributed by atoms with Crippen LogP contribution in [-0.2, 0) is 20.8 Å². The third kappa shape index (κ3) is 7.09. The van der Waals surface area contributed by atoms with Gasteiger partial charge in [0.15, 0.2) is 0 Å². The highest BCUT2D eigenvalue weighted by atomic mass is 16.4. The number of carboxylic acids is 2. The number of carbonyl (C=O) groups is 3. The zero-order valence-electron chi connectivity index (χ0n) is 11.5. The molecule has 0 aliphatic heterocycles. The molecule has 0 aliphatic rings. The number of hydrogen-bond acceptors (Lipinski definition) is 4. The van der Waals surface area contributed by atoms with Crippen LogP contribution in [0.25, 0.3) is 0 Å². The molecule has 0 bridgehead atoms. The lowest BCUT2D eigenvalue weighted by atomic mass is 10.00. The molecule has 4 N–H and O–H groups in total. The third-order valence-electron chi connectivity index (χ3n) is 2.98. The van der Waals surface area contributed by atoms with E-state index in [1.807, 2.05) is 0 Å². The van der Waals surface area contributed by atoms with Crippen molar-refractivity contribution in [2.75, 3.05) is 6.54 Å². The minimum absolute atomic E-state index is 0.0506. The Bertz CT molecular complexity index is 472. The summed E-state index contributed by atoms with van der Waals surface area (Å²) in [5, 5.41) is 20.2. The summed E-state index contributed by atoms with van der Waals surface area (Å²) in [5.74, 6) is -2.73. The normalized spacial score (nSPS) is 11.8. The van der Waals surface area contributed by atoms with Crippen molar-refractivity contribution in [1.29, 1.82) is 0 Å². The summed E-state index contributed by atoms with van der Waals surface area (Å²) in [7, 11) is 0. The quantitative estimate of drug-likeness (QED) is 0.494. The predicted octanol–water partition coefficient (Wildman–Crippen LogP) is 0.414. The van der Waals surface area contributed by atoms with E-state index < -0.39 is 17.9 Å². The second-order valence-corrected chi connectivity index (χ2v) is 4.70. The van der Waals surface area contributed by atoms with Gasteiger partial charge in [-0.2, -0.15) is 0 Å². The number of amides is 1. The van der Waals surface area contributed by atoms with Crippen molar-refractivity contribution in [2.45, 2.75) is 32.1 Å². The molecule has 0 aromatic carbocycles. The number of carbonyl (C=O) groups excluding carboxylic acids is 1. The SMILES string of the molecule is O=C(O)CCCC(=O)NCCC(Cc1cnc[nH]1)C(=O)O. The maximum atomic E-state index is 11.4. The summed E-state index contributed by atoms with van der Waals surface area (Å²) in [6.07, 6.45) is 4.04. The second kappa shape index (κ2) is 8.72. The molecule has 116 valence electrons. The van der Waals surface area contributed by atoms with Crippen LogP contribution in [0.15, 0.2) is 12.5 Å². The Labute approximate surface area is 121 Å². The number of nitrogens with zero attached hydrogens (tertiary/aromatic N) is 1. The smallest absolute Gasteiger partial charge is 0.306 e. The van der Waals surface area contributed by atoms with E-state index in [4.69, 9.17) is 10.2 Å². The number of hydrogen-bond donors (Lipinski definition) is 4. The summed E-state index contributed by atoms with van der Waals surface area (Å²) in [6, 6.07) is 0. The van der Waals surface area contributed by atoms with Gasteiger partial charge in [-0.1, -0.05) is 0 Å². The molecular formula is C13H19N3O5. The molecule has 0 radical (unpaired) electrons. The number of H-pyrrole nitrogens is 1. The number of carboxylic acid groups (broad SMARTS) is 2. The first-order valence-electron chi connectivity index (χ1n) is 6.67. The van der Waals surface area contributed by atoms with Crippen LogP contribution in [0.1, 0.15) is 31.4 Å². The first-order chi connectivity index (χ1) is 9.99. The molecule has 0 spiro atoms. The molecule has 1 unspecified atom stereocenters. The number of rotatable bonds is 10. The van der Waals surface area contributed by atoms with E-state index in [2.05, 4.69) is 15.3 Å². The molecule has 1 atom stereocenters. The monoisotopic (exact) mass is 297 g/mol. The van der Waals surface area contributed by atoms with Gasteiger partial charge in [0.25, 0.3) is 0 Å². The van der Waals surface area contributed by atoms with E-state index in [9.17, 15) is 14.4 Å². The van der Waals surface area contributed by atoms with Crippen molar-refractivity contribution < 1.29 is 24.6 Å². The Morgan fingerprint density at radius 2 is 2.05 bits per heavy atom. The average Bonchev–Trinajstić information content (AvgIpc) is 2.89. The number of nitrogens with one attached hydrogen (secondary N) is 2. The van der Waals surface area contributed by atoms with E-state index in [0.29, 0.717) is 12.8 Å². The summed E-state index contributed by atoms with van der Waals surface area (Å²) < 4.78 is 0. The molecule has 0 fully saturated rings. The van der Waals surface area contributed by atoms with Crippen LogP contribution in [0.2, 0.25) is 0 Å². The lowest BCUT2D eigenvalue weighted by molar-refractivity contribution is -0.142. The van der Waals surface area contributed by atoms with Gasteiger partial charge >= 0.3 is 11.9 Å². The van der Waals surface area contributed by atoms with Crippen LogP contribution in [-0.4, -0.2) is 44.6 Å². The van der Waals surface area contributed by atoms with Crippen LogP contribution in [0.5, 0.6) is 0 Å². The highest BCUT2D eigenvalue weighted by molar-refractivity contribution is 5.76. The van der Waals surface area contributed by atoms with Gasteiger partial charge < -0.3 is 20.5 Å². The van der Waals surface area contributed by atoms with Gasteiger partial charge in [-0.15, -0.1) is 0 Å². The molecule has 21 heavy (non-hydrogen) atoms. The summed E-state index contributed by atoms with van der Waals surface area (Å²) in [5.41, 5.74) is 0.732. The van der Waals surface area contributed by atoms with Crippen LogP contribution < -0.4 is 5.32 Å². The Balaban J connectivity index is 2.25. The molecule has 0 aliphatic carbocycles. The molecular weight excluding hydrogens is 278 g/mol. The van der Waals surface area contributed by atoms with Gasteiger partial charge in [-0.25, -0.2) is 4.98 Å². The molecule has 1 aromatic heterocycles. The lowest BCUT2D eigenvalue weighted by Crippen LogP contribution is -2.28. The Morgan fingerprint density at radius 3 is 2.62 bits per heavy atom. The first kappa shape index (κ1) is 16.7. The fourth-order valence-electron chi connectivity index (χ4n) is 1.85. The Morgan fingerprint density at radius 1 is 1.29 bits per heavy atom.